The number of carbonyl (C=O) groups excluding carboxylic acids is 1. The summed E-state index contributed by atoms with van der Waals surface area (Å²) in [6, 6.07) is 28.4. The zero-order valence-corrected chi connectivity index (χ0v) is 14.2. The van der Waals surface area contributed by atoms with Gasteiger partial charge in [0.1, 0.15) is 0 Å². The summed E-state index contributed by atoms with van der Waals surface area (Å²) in [4.78, 5) is 18.4. The molecule has 1 amide bonds. The highest BCUT2D eigenvalue weighted by atomic mass is 16.2. The Morgan fingerprint density at radius 3 is 2.19 bits per heavy atom. The molecule has 3 nitrogen and oxygen atoms in total. The zero-order valence-electron chi connectivity index (χ0n) is 14.2. The summed E-state index contributed by atoms with van der Waals surface area (Å²) in [6.45, 7) is 0. The van der Waals surface area contributed by atoms with Gasteiger partial charge in [-0.25, -0.2) is 0 Å². The van der Waals surface area contributed by atoms with Gasteiger partial charge in [0.15, 0.2) is 0 Å². The first-order valence-electron chi connectivity index (χ1n) is 8.83. The van der Waals surface area contributed by atoms with E-state index in [1.54, 1.807) is 0 Å². The van der Waals surface area contributed by atoms with E-state index in [4.69, 9.17) is 0 Å². The molecule has 2 atom stereocenters. The molecule has 0 spiro atoms. The average Bonchev–Trinajstić information content (AvgIpc) is 3.11. The molecule has 1 aliphatic rings. The lowest BCUT2D eigenvalue weighted by Gasteiger charge is -2.47. The van der Waals surface area contributed by atoms with Gasteiger partial charge in [0, 0.05) is 22.8 Å². The number of amides is 1. The summed E-state index contributed by atoms with van der Waals surface area (Å²) >= 11 is 0. The molecule has 26 heavy (non-hydrogen) atoms. The number of aromatic amines is 1. The summed E-state index contributed by atoms with van der Waals surface area (Å²) in [5.74, 6) is -0.0245. The van der Waals surface area contributed by atoms with E-state index in [0.717, 1.165) is 27.7 Å². The first-order valence-corrected chi connectivity index (χ1v) is 8.83. The van der Waals surface area contributed by atoms with Crippen molar-refractivity contribution in [2.45, 2.75) is 12.0 Å². The number of hydrogen-bond acceptors (Lipinski definition) is 1. The summed E-state index contributed by atoms with van der Waals surface area (Å²) < 4.78 is 0. The number of hydrogen-bond donors (Lipinski definition) is 1. The largest absolute Gasteiger partial charge is 0.361 e. The molecule has 1 N–H and O–H groups in total. The Morgan fingerprint density at radius 1 is 0.769 bits per heavy atom. The third-order valence-corrected chi connectivity index (χ3v) is 5.23. The molecule has 0 aliphatic carbocycles. The Bertz CT molecular complexity index is 1070. The van der Waals surface area contributed by atoms with Crippen molar-refractivity contribution < 1.29 is 4.79 Å². The molecule has 0 radical (unpaired) electrons. The maximum atomic E-state index is 13.2. The van der Waals surface area contributed by atoms with Gasteiger partial charge in [-0.15, -0.1) is 0 Å². The van der Waals surface area contributed by atoms with Crippen molar-refractivity contribution in [1.82, 2.24) is 4.98 Å². The Kier molecular flexibility index (Phi) is 3.39. The second kappa shape index (κ2) is 5.88. The van der Waals surface area contributed by atoms with Gasteiger partial charge in [-0.1, -0.05) is 66.7 Å². The Hall–Kier alpha value is -3.33. The van der Waals surface area contributed by atoms with Crippen molar-refractivity contribution in [3.63, 3.8) is 0 Å². The third-order valence-electron chi connectivity index (χ3n) is 5.23. The molecular formula is C23H18N2O. The van der Waals surface area contributed by atoms with Crippen molar-refractivity contribution in [1.29, 1.82) is 0 Å². The van der Waals surface area contributed by atoms with Crippen LogP contribution in [0, 0.1) is 0 Å². The van der Waals surface area contributed by atoms with Crippen molar-refractivity contribution >= 4 is 22.5 Å². The zero-order chi connectivity index (χ0) is 17.5. The summed E-state index contributed by atoms with van der Waals surface area (Å²) in [7, 11) is 0. The molecular weight excluding hydrogens is 320 g/mol. The van der Waals surface area contributed by atoms with E-state index in [1.807, 2.05) is 71.8 Å². The molecule has 126 valence electrons. The van der Waals surface area contributed by atoms with Crippen LogP contribution in [0.15, 0.2) is 91.1 Å². The van der Waals surface area contributed by atoms with Gasteiger partial charge < -0.3 is 9.88 Å². The minimum Gasteiger partial charge on any atom is -0.361 e. The summed E-state index contributed by atoms with van der Waals surface area (Å²) in [6.07, 6.45) is 1.99. The fourth-order valence-corrected chi connectivity index (χ4v) is 4.01. The number of para-hydroxylation sites is 2. The normalized spacial score (nSPS) is 19.5. The van der Waals surface area contributed by atoms with E-state index in [-0.39, 0.29) is 17.9 Å². The lowest BCUT2D eigenvalue weighted by Crippen LogP contribution is -2.53. The number of rotatable bonds is 3. The monoisotopic (exact) mass is 338 g/mol. The lowest BCUT2D eigenvalue weighted by atomic mass is 9.77. The van der Waals surface area contributed by atoms with Crippen molar-refractivity contribution in [3.8, 4) is 0 Å². The van der Waals surface area contributed by atoms with Crippen LogP contribution >= 0.6 is 0 Å². The van der Waals surface area contributed by atoms with E-state index in [0.29, 0.717) is 0 Å². The molecule has 2 heterocycles. The van der Waals surface area contributed by atoms with Gasteiger partial charge in [-0.05, 0) is 29.3 Å². The molecule has 4 aromatic rings. The van der Waals surface area contributed by atoms with E-state index in [1.165, 1.54) is 0 Å². The predicted octanol–water partition coefficient (Wildman–Crippen LogP) is 5.04. The first-order chi connectivity index (χ1) is 12.8. The van der Waals surface area contributed by atoms with Crippen LogP contribution in [0.5, 0.6) is 0 Å². The number of nitrogens with one attached hydrogen (secondary N) is 1. The van der Waals surface area contributed by atoms with Crippen LogP contribution in [0.25, 0.3) is 10.9 Å². The van der Waals surface area contributed by atoms with E-state index in [9.17, 15) is 4.79 Å². The number of aromatic nitrogens is 1. The molecule has 0 saturated carbocycles. The van der Waals surface area contributed by atoms with E-state index < -0.39 is 0 Å². The maximum absolute atomic E-state index is 13.2. The Balaban J connectivity index is 1.64. The SMILES string of the molecule is O=C1C(c2c[nH]c3ccccc23)C(c2ccccc2)N1c1ccccc1. The highest BCUT2D eigenvalue weighted by Crippen LogP contribution is 2.50. The molecule has 0 bridgehead atoms. The molecule has 1 aliphatic heterocycles. The van der Waals surface area contributed by atoms with Gasteiger partial charge in [-0.3, -0.25) is 4.79 Å². The molecule has 1 aromatic heterocycles. The van der Waals surface area contributed by atoms with E-state index >= 15 is 0 Å². The number of nitrogens with zero attached hydrogens (tertiary/aromatic N) is 1. The minimum absolute atomic E-state index is 0.00491. The van der Waals surface area contributed by atoms with Gasteiger partial charge in [-0.2, -0.15) is 0 Å². The standard InChI is InChI=1S/C23H18N2O/c26-23-21(19-15-24-20-14-8-7-13-18(19)20)22(16-9-3-1-4-10-16)25(23)17-11-5-2-6-12-17/h1-15,21-22,24H. The quantitative estimate of drug-likeness (QED) is 0.522. The van der Waals surface area contributed by atoms with Crippen LogP contribution in [0.2, 0.25) is 0 Å². The lowest BCUT2D eigenvalue weighted by molar-refractivity contribution is -0.126. The number of anilines is 1. The van der Waals surface area contributed by atoms with Crippen LogP contribution in [-0.4, -0.2) is 10.9 Å². The van der Waals surface area contributed by atoms with Crippen LogP contribution < -0.4 is 4.90 Å². The van der Waals surface area contributed by atoms with Crippen molar-refractivity contribution in [2.75, 3.05) is 4.90 Å². The van der Waals surface area contributed by atoms with Crippen LogP contribution in [-0.2, 0) is 4.79 Å². The van der Waals surface area contributed by atoms with Crippen LogP contribution in [0.4, 0.5) is 5.69 Å². The number of carbonyl (C=O) groups is 1. The smallest absolute Gasteiger partial charge is 0.237 e. The topological polar surface area (TPSA) is 36.1 Å². The van der Waals surface area contributed by atoms with E-state index in [2.05, 4.69) is 29.2 Å². The van der Waals surface area contributed by atoms with Gasteiger partial charge in [0.2, 0.25) is 5.91 Å². The number of fused-ring (bicyclic) bond motifs is 1. The third kappa shape index (κ3) is 2.17. The molecule has 2 unspecified atom stereocenters. The van der Waals surface area contributed by atoms with Crippen molar-refractivity contribution in [2.24, 2.45) is 0 Å². The van der Waals surface area contributed by atoms with Gasteiger partial charge in [0.25, 0.3) is 0 Å². The number of β-lactam (4-membered cyclic amide) rings is 1. The first kappa shape index (κ1) is 15.0. The summed E-state index contributed by atoms with van der Waals surface area (Å²) in [5, 5.41) is 1.12. The highest BCUT2D eigenvalue weighted by Gasteiger charge is 2.50. The minimum atomic E-state index is -0.172. The van der Waals surface area contributed by atoms with Crippen molar-refractivity contribution in [3.05, 3.63) is 102 Å². The fourth-order valence-electron chi connectivity index (χ4n) is 4.01. The Morgan fingerprint density at radius 2 is 1.42 bits per heavy atom. The highest BCUT2D eigenvalue weighted by molar-refractivity contribution is 6.08. The molecule has 3 heteroatoms. The molecule has 3 aromatic carbocycles. The second-order valence-electron chi connectivity index (χ2n) is 6.67. The number of benzene rings is 3. The Labute approximate surface area is 151 Å². The predicted molar refractivity (Wildman–Crippen MR) is 104 cm³/mol. The fraction of sp³-hybridized carbons (Fsp3) is 0.0870. The van der Waals surface area contributed by atoms with Crippen LogP contribution in [0.1, 0.15) is 23.1 Å². The molecule has 1 saturated heterocycles. The van der Waals surface area contributed by atoms with Gasteiger partial charge >= 0.3 is 0 Å². The second-order valence-corrected chi connectivity index (χ2v) is 6.67. The maximum Gasteiger partial charge on any atom is 0.237 e. The molecule has 5 rings (SSSR count). The number of H-pyrrole nitrogens is 1. The summed E-state index contributed by atoms with van der Waals surface area (Å²) in [5.41, 5.74) is 4.25. The van der Waals surface area contributed by atoms with Gasteiger partial charge in [0.05, 0.1) is 12.0 Å². The van der Waals surface area contributed by atoms with Crippen LogP contribution in [0.3, 0.4) is 0 Å². The average molecular weight is 338 g/mol. The molecule has 1 fully saturated rings.